The van der Waals surface area contributed by atoms with Crippen LogP contribution in [0.2, 0.25) is 0 Å². The van der Waals surface area contributed by atoms with Gasteiger partial charge in [-0.25, -0.2) is 0 Å². The van der Waals surface area contributed by atoms with Crippen LogP contribution < -0.4 is 0 Å². The Bertz CT molecular complexity index is 195. The zero-order valence-corrected chi connectivity index (χ0v) is 11.9. The first-order chi connectivity index (χ1) is 7.40. The fraction of sp³-hybridized carbons (Fsp3) is 0.929. The summed E-state index contributed by atoms with van der Waals surface area (Å²) in [5.74, 6) is 0.653. The highest BCUT2D eigenvalue weighted by Crippen LogP contribution is 2.26. The van der Waals surface area contributed by atoms with Gasteiger partial charge >= 0.3 is 0 Å². The van der Waals surface area contributed by atoms with Crippen molar-refractivity contribution in [1.29, 1.82) is 0 Å². The molecule has 0 aromatic heterocycles. The van der Waals surface area contributed by atoms with E-state index in [0.717, 1.165) is 25.9 Å². The van der Waals surface area contributed by atoms with Crippen LogP contribution in [0.5, 0.6) is 0 Å². The average Bonchev–Trinajstić information content (AvgIpc) is 2.24. The summed E-state index contributed by atoms with van der Waals surface area (Å²) in [4.78, 5) is 13.7. The van der Waals surface area contributed by atoms with E-state index < -0.39 is 0 Å². The second-order valence-electron chi connectivity index (χ2n) is 5.60. The van der Waals surface area contributed by atoms with Crippen molar-refractivity contribution in [2.45, 2.75) is 60.4 Å². The molecule has 0 bridgehead atoms. The third-order valence-electron chi connectivity index (χ3n) is 3.51. The number of carbonyl (C=O) groups is 1. The highest BCUT2D eigenvalue weighted by molar-refractivity contribution is 5.59. The fourth-order valence-electron chi connectivity index (χ4n) is 2.01. The monoisotopic (exact) mass is 227 g/mol. The maximum absolute atomic E-state index is 11.3. The molecule has 0 aromatic carbocycles. The molecule has 0 fully saturated rings. The van der Waals surface area contributed by atoms with E-state index in [1.165, 1.54) is 6.29 Å². The van der Waals surface area contributed by atoms with Gasteiger partial charge in [0.15, 0.2) is 0 Å². The van der Waals surface area contributed by atoms with Gasteiger partial charge in [-0.1, -0.05) is 27.7 Å². The van der Waals surface area contributed by atoms with Crippen LogP contribution in [0.3, 0.4) is 0 Å². The van der Waals surface area contributed by atoms with Crippen LogP contribution in [0.25, 0.3) is 0 Å². The second-order valence-corrected chi connectivity index (χ2v) is 5.60. The second kappa shape index (κ2) is 7.05. The summed E-state index contributed by atoms with van der Waals surface area (Å²) >= 11 is 0. The molecule has 0 saturated carbocycles. The number of aldehydes is 1. The summed E-state index contributed by atoms with van der Waals surface area (Å²) < 4.78 is 0. The van der Waals surface area contributed by atoms with Gasteiger partial charge in [-0.05, 0) is 32.6 Å². The van der Waals surface area contributed by atoms with Gasteiger partial charge in [0.1, 0.15) is 6.29 Å². The van der Waals surface area contributed by atoms with Crippen molar-refractivity contribution in [2.75, 3.05) is 13.1 Å². The predicted molar refractivity (Wildman–Crippen MR) is 70.6 cm³/mol. The van der Waals surface area contributed by atoms with Crippen molar-refractivity contribution in [3.63, 3.8) is 0 Å². The molecular formula is C14H29NO. The van der Waals surface area contributed by atoms with Gasteiger partial charge in [0.05, 0.1) is 0 Å². The maximum Gasteiger partial charge on any atom is 0.127 e. The van der Waals surface area contributed by atoms with Crippen LogP contribution in [-0.4, -0.2) is 30.3 Å². The Balaban J connectivity index is 4.63. The summed E-state index contributed by atoms with van der Waals surface area (Å²) in [6.45, 7) is 15.1. The Kier molecular flexibility index (Phi) is 6.89. The molecule has 0 aromatic rings. The van der Waals surface area contributed by atoms with Crippen LogP contribution in [0.1, 0.15) is 54.4 Å². The van der Waals surface area contributed by atoms with E-state index in [1.54, 1.807) is 0 Å². The van der Waals surface area contributed by atoms with E-state index in [0.29, 0.717) is 12.0 Å². The molecule has 0 aliphatic heterocycles. The molecule has 0 rings (SSSR count). The van der Waals surface area contributed by atoms with Gasteiger partial charge in [0, 0.05) is 24.5 Å². The SMILES string of the molecule is CCC(C=O)(CC)CN(CC(C)C)C(C)C. The normalized spacial score (nSPS) is 12.8. The van der Waals surface area contributed by atoms with Gasteiger partial charge < -0.3 is 4.79 Å². The van der Waals surface area contributed by atoms with Gasteiger partial charge in [-0.3, -0.25) is 4.90 Å². The quantitative estimate of drug-likeness (QED) is 0.593. The zero-order valence-electron chi connectivity index (χ0n) is 11.9. The minimum Gasteiger partial charge on any atom is -0.303 e. The molecule has 16 heavy (non-hydrogen) atoms. The Labute approximate surface area is 101 Å². The number of rotatable bonds is 8. The average molecular weight is 227 g/mol. The molecule has 0 aliphatic carbocycles. The molecule has 0 spiro atoms. The summed E-state index contributed by atoms with van der Waals surface area (Å²) in [6, 6.07) is 0.514. The third kappa shape index (κ3) is 4.65. The van der Waals surface area contributed by atoms with Crippen molar-refractivity contribution in [3.8, 4) is 0 Å². The molecule has 0 amide bonds. The molecule has 0 heterocycles. The molecule has 96 valence electrons. The first kappa shape index (κ1) is 15.6. The first-order valence-corrected chi connectivity index (χ1v) is 6.61. The largest absolute Gasteiger partial charge is 0.303 e. The number of nitrogens with zero attached hydrogens (tertiary/aromatic N) is 1. The van der Waals surface area contributed by atoms with E-state index in [4.69, 9.17) is 0 Å². The van der Waals surface area contributed by atoms with Crippen molar-refractivity contribution in [1.82, 2.24) is 4.90 Å². The smallest absolute Gasteiger partial charge is 0.127 e. The molecule has 0 aliphatic rings. The highest BCUT2D eigenvalue weighted by Gasteiger charge is 2.29. The van der Waals surface area contributed by atoms with Crippen molar-refractivity contribution < 1.29 is 4.79 Å². The molecule has 0 radical (unpaired) electrons. The van der Waals surface area contributed by atoms with Gasteiger partial charge in [-0.2, -0.15) is 0 Å². The van der Waals surface area contributed by atoms with Crippen molar-refractivity contribution >= 4 is 6.29 Å². The lowest BCUT2D eigenvalue weighted by atomic mass is 9.83. The topological polar surface area (TPSA) is 20.3 Å². The van der Waals surface area contributed by atoms with Crippen LogP contribution in [0, 0.1) is 11.3 Å². The van der Waals surface area contributed by atoms with E-state index >= 15 is 0 Å². The van der Waals surface area contributed by atoms with Gasteiger partial charge in [0.2, 0.25) is 0 Å². The molecular weight excluding hydrogens is 198 g/mol. The highest BCUT2D eigenvalue weighted by atomic mass is 16.1. The minimum atomic E-state index is -0.140. The van der Waals surface area contributed by atoms with E-state index in [1.807, 2.05) is 0 Å². The molecule has 2 nitrogen and oxygen atoms in total. The third-order valence-corrected chi connectivity index (χ3v) is 3.51. The van der Waals surface area contributed by atoms with E-state index in [2.05, 4.69) is 46.4 Å². The van der Waals surface area contributed by atoms with Crippen LogP contribution >= 0.6 is 0 Å². The summed E-state index contributed by atoms with van der Waals surface area (Å²) in [5.41, 5.74) is -0.140. The standard InChI is InChI=1S/C14H29NO/c1-7-14(8-2,11-16)10-15(13(5)6)9-12(3)4/h11-13H,7-10H2,1-6H3. The maximum atomic E-state index is 11.3. The summed E-state index contributed by atoms with van der Waals surface area (Å²) in [5, 5.41) is 0. The molecule has 2 heteroatoms. The van der Waals surface area contributed by atoms with Gasteiger partial charge in [0.25, 0.3) is 0 Å². The lowest BCUT2D eigenvalue weighted by Gasteiger charge is -2.36. The van der Waals surface area contributed by atoms with E-state index in [-0.39, 0.29) is 5.41 Å². The Morgan fingerprint density at radius 3 is 1.88 bits per heavy atom. The Hall–Kier alpha value is -0.370. The molecule has 0 N–H and O–H groups in total. The fourth-order valence-corrected chi connectivity index (χ4v) is 2.01. The summed E-state index contributed by atoms with van der Waals surface area (Å²) in [6.07, 6.45) is 3.05. The van der Waals surface area contributed by atoms with Gasteiger partial charge in [-0.15, -0.1) is 0 Å². The van der Waals surface area contributed by atoms with E-state index in [9.17, 15) is 4.79 Å². The van der Waals surface area contributed by atoms with Crippen LogP contribution in [-0.2, 0) is 4.79 Å². The number of hydrogen-bond donors (Lipinski definition) is 0. The van der Waals surface area contributed by atoms with Crippen molar-refractivity contribution in [3.05, 3.63) is 0 Å². The predicted octanol–water partition coefficient (Wildman–Crippen LogP) is 3.36. The minimum absolute atomic E-state index is 0.140. The lowest BCUT2D eigenvalue weighted by molar-refractivity contribution is -0.118. The first-order valence-electron chi connectivity index (χ1n) is 6.61. The molecule has 0 unspecified atom stereocenters. The van der Waals surface area contributed by atoms with Crippen LogP contribution in [0.15, 0.2) is 0 Å². The lowest BCUT2D eigenvalue weighted by Crippen LogP contribution is -2.43. The molecule has 0 saturated heterocycles. The Morgan fingerprint density at radius 1 is 1.12 bits per heavy atom. The van der Waals surface area contributed by atoms with Crippen molar-refractivity contribution in [2.24, 2.45) is 11.3 Å². The molecule has 0 atom stereocenters. The summed E-state index contributed by atoms with van der Waals surface area (Å²) in [7, 11) is 0. The Morgan fingerprint density at radius 2 is 1.62 bits per heavy atom. The number of carbonyl (C=O) groups excluding carboxylic acids is 1. The zero-order chi connectivity index (χ0) is 12.8. The van der Waals surface area contributed by atoms with Crippen LogP contribution in [0.4, 0.5) is 0 Å². The number of hydrogen-bond acceptors (Lipinski definition) is 2.